The highest BCUT2D eigenvalue weighted by molar-refractivity contribution is 6.32. The van der Waals surface area contributed by atoms with E-state index in [1.54, 1.807) is 0 Å². The van der Waals surface area contributed by atoms with E-state index in [0.717, 1.165) is 25.3 Å². The van der Waals surface area contributed by atoms with Crippen LogP contribution in [0.25, 0.3) is 0 Å². The summed E-state index contributed by atoms with van der Waals surface area (Å²) in [4.78, 5) is 0. The molecule has 0 amide bonds. The summed E-state index contributed by atoms with van der Waals surface area (Å²) in [5.74, 6) is 1.52. The summed E-state index contributed by atoms with van der Waals surface area (Å²) in [6, 6.07) is 12.1. The Morgan fingerprint density at radius 3 is 2.38 bits per heavy atom. The first-order valence-electron chi connectivity index (χ1n) is 7.34. The van der Waals surface area contributed by atoms with Gasteiger partial charge < -0.3 is 10.1 Å². The highest BCUT2D eigenvalue weighted by Gasteiger charge is 2.05. The maximum atomic E-state index is 6.32. The first-order chi connectivity index (χ1) is 10.1. The van der Waals surface area contributed by atoms with Crippen molar-refractivity contribution in [3.8, 4) is 11.5 Å². The van der Waals surface area contributed by atoms with Crippen LogP contribution in [-0.2, 0) is 6.54 Å². The van der Waals surface area contributed by atoms with E-state index in [1.807, 2.05) is 30.3 Å². The standard InChI is InChI=1S/C18H22ClNO/c1-4-7-20-12-15-5-6-18(17(19)11-15)21-16-9-13(2)8-14(3)10-16/h5-6,8-11,20H,4,7,12H2,1-3H3. The molecule has 0 heterocycles. The van der Waals surface area contributed by atoms with E-state index in [2.05, 4.69) is 32.2 Å². The average Bonchev–Trinajstić information content (AvgIpc) is 2.41. The van der Waals surface area contributed by atoms with Crippen molar-refractivity contribution in [2.45, 2.75) is 33.7 Å². The molecule has 2 aromatic rings. The molecule has 112 valence electrons. The van der Waals surface area contributed by atoms with Crippen molar-refractivity contribution < 1.29 is 4.74 Å². The molecule has 2 aromatic carbocycles. The minimum absolute atomic E-state index is 0.643. The quantitative estimate of drug-likeness (QED) is 0.736. The first kappa shape index (κ1) is 15.9. The highest BCUT2D eigenvalue weighted by Crippen LogP contribution is 2.31. The molecule has 0 aliphatic heterocycles. The van der Waals surface area contributed by atoms with Gasteiger partial charge in [-0.15, -0.1) is 0 Å². The van der Waals surface area contributed by atoms with Crippen LogP contribution in [0.15, 0.2) is 36.4 Å². The number of rotatable bonds is 6. The Kier molecular flexibility index (Phi) is 5.66. The monoisotopic (exact) mass is 303 g/mol. The Labute approximate surface area is 132 Å². The molecule has 0 aliphatic rings. The van der Waals surface area contributed by atoms with E-state index in [0.29, 0.717) is 10.8 Å². The number of ether oxygens (including phenoxy) is 1. The van der Waals surface area contributed by atoms with Gasteiger partial charge in [-0.1, -0.05) is 30.7 Å². The zero-order valence-electron chi connectivity index (χ0n) is 12.9. The zero-order chi connectivity index (χ0) is 15.2. The average molecular weight is 304 g/mol. The fourth-order valence-corrected chi connectivity index (χ4v) is 2.51. The molecule has 0 bridgehead atoms. The van der Waals surface area contributed by atoms with E-state index in [9.17, 15) is 0 Å². The Bertz CT molecular complexity index is 590. The van der Waals surface area contributed by atoms with E-state index in [4.69, 9.17) is 16.3 Å². The van der Waals surface area contributed by atoms with Crippen molar-refractivity contribution in [2.24, 2.45) is 0 Å². The maximum Gasteiger partial charge on any atom is 0.146 e. The molecule has 21 heavy (non-hydrogen) atoms. The number of hydrogen-bond donors (Lipinski definition) is 1. The third-order valence-electron chi connectivity index (χ3n) is 3.18. The van der Waals surface area contributed by atoms with Gasteiger partial charge >= 0.3 is 0 Å². The number of nitrogens with one attached hydrogen (secondary N) is 1. The summed E-state index contributed by atoms with van der Waals surface area (Å²) in [5.41, 5.74) is 3.53. The van der Waals surface area contributed by atoms with Crippen LogP contribution in [0.1, 0.15) is 30.0 Å². The molecular weight excluding hydrogens is 282 g/mol. The van der Waals surface area contributed by atoms with Gasteiger partial charge in [0.2, 0.25) is 0 Å². The minimum Gasteiger partial charge on any atom is -0.456 e. The lowest BCUT2D eigenvalue weighted by molar-refractivity contribution is 0.481. The number of hydrogen-bond acceptors (Lipinski definition) is 2. The largest absolute Gasteiger partial charge is 0.456 e. The molecule has 0 aromatic heterocycles. The lowest BCUT2D eigenvalue weighted by Gasteiger charge is -2.11. The van der Waals surface area contributed by atoms with E-state index in [1.165, 1.54) is 16.7 Å². The molecule has 2 nitrogen and oxygen atoms in total. The molecule has 0 atom stereocenters. The van der Waals surface area contributed by atoms with Gasteiger partial charge in [0, 0.05) is 6.54 Å². The van der Waals surface area contributed by atoms with E-state index in [-0.39, 0.29) is 0 Å². The summed E-state index contributed by atoms with van der Waals surface area (Å²) in [6.07, 6.45) is 1.13. The second kappa shape index (κ2) is 7.48. The third-order valence-corrected chi connectivity index (χ3v) is 3.47. The van der Waals surface area contributed by atoms with Gasteiger partial charge in [-0.05, 0) is 67.8 Å². The first-order valence-corrected chi connectivity index (χ1v) is 7.71. The van der Waals surface area contributed by atoms with E-state index < -0.39 is 0 Å². The summed E-state index contributed by atoms with van der Waals surface area (Å²) >= 11 is 6.32. The van der Waals surface area contributed by atoms with Crippen LogP contribution in [-0.4, -0.2) is 6.54 Å². The third kappa shape index (κ3) is 4.76. The molecule has 2 rings (SSSR count). The molecule has 0 unspecified atom stereocenters. The van der Waals surface area contributed by atoms with Gasteiger partial charge in [-0.3, -0.25) is 0 Å². The molecule has 0 saturated heterocycles. The van der Waals surface area contributed by atoms with Crippen molar-refractivity contribution in [1.29, 1.82) is 0 Å². The Morgan fingerprint density at radius 1 is 1.05 bits per heavy atom. The Hall–Kier alpha value is -1.51. The molecule has 0 radical (unpaired) electrons. The minimum atomic E-state index is 0.643. The molecule has 0 spiro atoms. The van der Waals surface area contributed by atoms with Crippen molar-refractivity contribution in [3.63, 3.8) is 0 Å². The number of aryl methyl sites for hydroxylation is 2. The van der Waals surface area contributed by atoms with Crippen LogP contribution in [0, 0.1) is 13.8 Å². The lowest BCUT2D eigenvalue weighted by Crippen LogP contribution is -2.13. The SMILES string of the molecule is CCCNCc1ccc(Oc2cc(C)cc(C)c2)c(Cl)c1. The Balaban J connectivity index is 2.10. The van der Waals surface area contributed by atoms with Crippen LogP contribution in [0.4, 0.5) is 0 Å². The highest BCUT2D eigenvalue weighted by atomic mass is 35.5. The molecule has 0 saturated carbocycles. The Morgan fingerprint density at radius 2 is 1.76 bits per heavy atom. The van der Waals surface area contributed by atoms with Crippen molar-refractivity contribution in [2.75, 3.05) is 6.54 Å². The van der Waals surface area contributed by atoms with Gasteiger partial charge in [0.15, 0.2) is 0 Å². The summed E-state index contributed by atoms with van der Waals surface area (Å²) < 4.78 is 5.90. The number of benzene rings is 2. The van der Waals surface area contributed by atoms with Gasteiger partial charge in [0.25, 0.3) is 0 Å². The fourth-order valence-electron chi connectivity index (χ4n) is 2.27. The maximum absolute atomic E-state index is 6.32. The lowest BCUT2D eigenvalue weighted by atomic mass is 10.1. The molecule has 0 fully saturated rings. The van der Waals surface area contributed by atoms with Crippen LogP contribution in [0.2, 0.25) is 5.02 Å². The second-order valence-corrected chi connectivity index (χ2v) is 5.77. The predicted molar refractivity (Wildman–Crippen MR) is 89.4 cm³/mol. The summed E-state index contributed by atoms with van der Waals surface area (Å²) in [7, 11) is 0. The summed E-state index contributed by atoms with van der Waals surface area (Å²) in [6.45, 7) is 8.12. The molecule has 3 heteroatoms. The van der Waals surface area contributed by atoms with Gasteiger partial charge in [0.05, 0.1) is 5.02 Å². The molecule has 1 N–H and O–H groups in total. The topological polar surface area (TPSA) is 21.3 Å². The van der Waals surface area contributed by atoms with Crippen LogP contribution in [0.3, 0.4) is 0 Å². The smallest absolute Gasteiger partial charge is 0.146 e. The van der Waals surface area contributed by atoms with Crippen LogP contribution >= 0.6 is 11.6 Å². The van der Waals surface area contributed by atoms with Gasteiger partial charge in [0.1, 0.15) is 11.5 Å². The van der Waals surface area contributed by atoms with Crippen molar-refractivity contribution >= 4 is 11.6 Å². The van der Waals surface area contributed by atoms with Crippen molar-refractivity contribution in [3.05, 3.63) is 58.1 Å². The fraction of sp³-hybridized carbons (Fsp3) is 0.333. The van der Waals surface area contributed by atoms with E-state index >= 15 is 0 Å². The molecular formula is C18H22ClNO. The molecule has 0 aliphatic carbocycles. The van der Waals surface area contributed by atoms with Gasteiger partial charge in [-0.2, -0.15) is 0 Å². The van der Waals surface area contributed by atoms with Crippen LogP contribution < -0.4 is 10.1 Å². The zero-order valence-corrected chi connectivity index (χ0v) is 13.6. The normalized spacial score (nSPS) is 10.7. The van der Waals surface area contributed by atoms with Crippen LogP contribution in [0.5, 0.6) is 11.5 Å². The predicted octanol–water partition coefficient (Wildman–Crippen LogP) is 5.25. The van der Waals surface area contributed by atoms with Gasteiger partial charge in [-0.25, -0.2) is 0 Å². The van der Waals surface area contributed by atoms with Crippen molar-refractivity contribution in [1.82, 2.24) is 5.32 Å². The second-order valence-electron chi connectivity index (χ2n) is 5.37. The number of halogens is 1. The summed E-state index contributed by atoms with van der Waals surface area (Å²) in [5, 5.41) is 4.01.